The third-order valence-electron chi connectivity index (χ3n) is 2.49. The van der Waals surface area contributed by atoms with Gasteiger partial charge < -0.3 is 5.32 Å². The molecule has 0 bridgehead atoms. The van der Waals surface area contributed by atoms with Crippen molar-refractivity contribution in [2.75, 3.05) is 5.32 Å². The molecule has 0 saturated carbocycles. The lowest BCUT2D eigenvalue weighted by Gasteiger charge is -2.08. The number of benzene rings is 2. The highest BCUT2D eigenvalue weighted by Gasteiger charge is 2.12. The van der Waals surface area contributed by atoms with Crippen LogP contribution < -0.4 is 5.32 Å². The van der Waals surface area contributed by atoms with Crippen LogP contribution >= 0.6 is 23.2 Å². The van der Waals surface area contributed by atoms with Crippen molar-refractivity contribution in [3.63, 3.8) is 0 Å². The molecular formula is C14H10Cl2FNO. The number of hydrogen-bond donors (Lipinski definition) is 1. The number of carbonyl (C=O) groups excluding carboxylic acids is 1. The van der Waals surface area contributed by atoms with E-state index in [2.05, 4.69) is 5.32 Å². The average Bonchev–Trinajstić information content (AvgIpc) is 2.30. The number of amides is 1. The standard InChI is InChI=1S/C14H10Cl2FNO/c1-8-2-3-13(17)12(4-8)14(19)18-11-6-9(15)5-10(16)7-11/h2-7H,1H3,(H,18,19). The molecule has 2 aromatic carbocycles. The molecule has 2 rings (SSSR count). The van der Waals surface area contributed by atoms with E-state index in [0.29, 0.717) is 15.7 Å². The summed E-state index contributed by atoms with van der Waals surface area (Å²) in [5.74, 6) is -1.12. The quantitative estimate of drug-likeness (QED) is 0.856. The van der Waals surface area contributed by atoms with Gasteiger partial charge in [-0.2, -0.15) is 0 Å². The Labute approximate surface area is 120 Å². The molecule has 0 aliphatic carbocycles. The molecule has 5 heteroatoms. The molecule has 0 saturated heterocycles. The largest absolute Gasteiger partial charge is 0.322 e. The van der Waals surface area contributed by atoms with Crippen molar-refractivity contribution >= 4 is 34.8 Å². The van der Waals surface area contributed by atoms with Crippen LogP contribution in [0.4, 0.5) is 10.1 Å². The van der Waals surface area contributed by atoms with E-state index in [1.807, 2.05) is 0 Å². The summed E-state index contributed by atoms with van der Waals surface area (Å²) in [5, 5.41) is 3.35. The molecule has 0 fully saturated rings. The molecule has 0 aromatic heterocycles. The normalized spacial score (nSPS) is 10.3. The first-order chi connectivity index (χ1) is 8.95. The van der Waals surface area contributed by atoms with Crippen LogP contribution in [0.3, 0.4) is 0 Å². The third-order valence-corrected chi connectivity index (χ3v) is 2.92. The van der Waals surface area contributed by atoms with Crippen LogP contribution in [-0.2, 0) is 0 Å². The zero-order valence-corrected chi connectivity index (χ0v) is 11.5. The van der Waals surface area contributed by atoms with Gasteiger partial charge in [-0.3, -0.25) is 4.79 Å². The lowest BCUT2D eigenvalue weighted by atomic mass is 10.1. The fourth-order valence-corrected chi connectivity index (χ4v) is 2.16. The predicted molar refractivity (Wildman–Crippen MR) is 75.6 cm³/mol. The maximum Gasteiger partial charge on any atom is 0.258 e. The van der Waals surface area contributed by atoms with Crippen LogP contribution in [-0.4, -0.2) is 5.91 Å². The first-order valence-electron chi connectivity index (χ1n) is 5.49. The van der Waals surface area contributed by atoms with Gasteiger partial charge in [0.05, 0.1) is 5.56 Å². The van der Waals surface area contributed by atoms with E-state index in [-0.39, 0.29) is 5.56 Å². The lowest BCUT2D eigenvalue weighted by molar-refractivity contribution is 0.102. The summed E-state index contributed by atoms with van der Waals surface area (Å²) in [7, 11) is 0. The van der Waals surface area contributed by atoms with Crippen molar-refractivity contribution < 1.29 is 9.18 Å². The van der Waals surface area contributed by atoms with Crippen molar-refractivity contribution in [2.45, 2.75) is 6.92 Å². The molecule has 0 heterocycles. The molecule has 2 aromatic rings. The van der Waals surface area contributed by atoms with E-state index < -0.39 is 11.7 Å². The van der Waals surface area contributed by atoms with Crippen LogP contribution in [0, 0.1) is 12.7 Å². The average molecular weight is 298 g/mol. The van der Waals surface area contributed by atoms with Crippen molar-refractivity contribution in [1.29, 1.82) is 0 Å². The number of rotatable bonds is 2. The molecule has 0 spiro atoms. The summed E-state index contributed by atoms with van der Waals surface area (Å²) >= 11 is 11.7. The number of aryl methyl sites for hydroxylation is 1. The van der Waals surface area contributed by atoms with Gasteiger partial charge in [0.25, 0.3) is 5.91 Å². The second-order valence-electron chi connectivity index (χ2n) is 4.10. The topological polar surface area (TPSA) is 29.1 Å². The molecule has 0 aliphatic heterocycles. The van der Waals surface area contributed by atoms with Gasteiger partial charge in [0.1, 0.15) is 5.82 Å². The summed E-state index contributed by atoms with van der Waals surface area (Å²) in [4.78, 5) is 12.0. The molecule has 0 unspecified atom stereocenters. The molecule has 1 amide bonds. The summed E-state index contributed by atoms with van der Waals surface area (Å²) in [6.45, 7) is 1.78. The summed E-state index contributed by atoms with van der Waals surface area (Å²) < 4.78 is 13.6. The molecule has 0 radical (unpaired) electrons. The molecule has 0 aliphatic rings. The first kappa shape index (κ1) is 13.8. The maximum atomic E-state index is 13.6. The minimum Gasteiger partial charge on any atom is -0.322 e. The van der Waals surface area contributed by atoms with Gasteiger partial charge in [0, 0.05) is 15.7 Å². The number of nitrogens with one attached hydrogen (secondary N) is 1. The Morgan fingerprint density at radius 3 is 2.37 bits per heavy atom. The predicted octanol–water partition coefficient (Wildman–Crippen LogP) is 4.69. The van der Waals surface area contributed by atoms with Gasteiger partial charge in [-0.05, 0) is 37.3 Å². The van der Waals surface area contributed by atoms with E-state index in [4.69, 9.17) is 23.2 Å². The zero-order valence-electron chi connectivity index (χ0n) is 10.0. The smallest absolute Gasteiger partial charge is 0.258 e. The Hall–Kier alpha value is -1.58. The van der Waals surface area contributed by atoms with Crippen molar-refractivity contribution in [1.82, 2.24) is 0 Å². The van der Waals surface area contributed by atoms with Gasteiger partial charge in [-0.25, -0.2) is 4.39 Å². The molecular weight excluding hydrogens is 288 g/mol. The fourth-order valence-electron chi connectivity index (χ4n) is 1.64. The highest BCUT2D eigenvalue weighted by atomic mass is 35.5. The monoisotopic (exact) mass is 297 g/mol. The highest BCUT2D eigenvalue weighted by Crippen LogP contribution is 2.23. The minimum atomic E-state index is -0.573. The van der Waals surface area contributed by atoms with E-state index >= 15 is 0 Å². The molecule has 1 N–H and O–H groups in total. The van der Waals surface area contributed by atoms with Crippen LogP contribution in [0.5, 0.6) is 0 Å². The second-order valence-corrected chi connectivity index (χ2v) is 4.97. The van der Waals surface area contributed by atoms with Crippen molar-refractivity contribution in [3.05, 3.63) is 63.4 Å². The summed E-state index contributed by atoms with van der Waals surface area (Å²) in [6.07, 6.45) is 0. The number of carbonyl (C=O) groups is 1. The molecule has 0 atom stereocenters. The SMILES string of the molecule is Cc1ccc(F)c(C(=O)Nc2cc(Cl)cc(Cl)c2)c1. The number of hydrogen-bond acceptors (Lipinski definition) is 1. The van der Waals surface area contributed by atoms with Crippen molar-refractivity contribution in [2.24, 2.45) is 0 Å². The van der Waals surface area contributed by atoms with Crippen LogP contribution in [0.1, 0.15) is 15.9 Å². The van der Waals surface area contributed by atoms with Crippen LogP contribution in [0.15, 0.2) is 36.4 Å². The Morgan fingerprint density at radius 2 is 1.74 bits per heavy atom. The Morgan fingerprint density at radius 1 is 1.11 bits per heavy atom. The van der Waals surface area contributed by atoms with Gasteiger partial charge in [0.15, 0.2) is 0 Å². The third kappa shape index (κ3) is 3.46. The zero-order chi connectivity index (χ0) is 14.0. The van der Waals surface area contributed by atoms with Gasteiger partial charge in [-0.15, -0.1) is 0 Å². The Bertz CT molecular complexity index is 623. The van der Waals surface area contributed by atoms with E-state index in [1.165, 1.54) is 12.1 Å². The first-order valence-corrected chi connectivity index (χ1v) is 6.25. The van der Waals surface area contributed by atoms with E-state index in [9.17, 15) is 9.18 Å². The maximum absolute atomic E-state index is 13.6. The van der Waals surface area contributed by atoms with Gasteiger partial charge in [0.2, 0.25) is 0 Å². The minimum absolute atomic E-state index is 0.0175. The van der Waals surface area contributed by atoms with Crippen LogP contribution in [0.25, 0.3) is 0 Å². The molecule has 98 valence electrons. The number of halogens is 3. The lowest BCUT2D eigenvalue weighted by Crippen LogP contribution is -2.14. The van der Waals surface area contributed by atoms with E-state index in [1.54, 1.807) is 31.2 Å². The van der Waals surface area contributed by atoms with Gasteiger partial charge in [-0.1, -0.05) is 34.8 Å². The van der Waals surface area contributed by atoms with Gasteiger partial charge >= 0.3 is 0 Å². The van der Waals surface area contributed by atoms with Crippen LogP contribution in [0.2, 0.25) is 10.0 Å². The molecule has 19 heavy (non-hydrogen) atoms. The Balaban J connectivity index is 2.28. The number of anilines is 1. The fraction of sp³-hybridized carbons (Fsp3) is 0.0714. The van der Waals surface area contributed by atoms with Crippen molar-refractivity contribution in [3.8, 4) is 0 Å². The highest BCUT2D eigenvalue weighted by molar-refractivity contribution is 6.35. The van der Waals surface area contributed by atoms with E-state index in [0.717, 1.165) is 5.56 Å². The molecule has 2 nitrogen and oxygen atoms in total. The summed E-state index contributed by atoms with van der Waals surface area (Å²) in [6, 6.07) is 8.97. The Kier molecular flexibility index (Phi) is 4.08. The summed E-state index contributed by atoms with van der Waals surface area (Å²) in [5.41, 5.74) is 1.20. The second kappa shape index (κ2) is 5.59.